The van der Waals surface area contributed by atoms with E-state index < -0.39 is 0 Å². The number of benzene rings is 6. The molecule has 0 N–H and O–H groups in total. The SMILES string of the molecule is Cc1cc(C)cc(N2CN(c3cc(Oc4ccc5c6ccccc6n(-c6cc(C)c(-c7ccc(C(C)(C)C)cc7)cn6)c5c4)cc(C(C)(C)C)c3)c3ccccc32)c1. The van der Waals surface area contributed by atoms with Gasteiger partial charge in [0.05, 0.1) is 22.4 Å². The second kappa shape index (κ2) is 13.9. The molecule has 1 aliphatic rings. The standard InChI is InChI=1S/C53H52N4O/c1-34-24-35(2)26-40(25-34)55-33-56(49-17-13-12-16-48(49)55)41-28-39(53(7,8)9)29-43(30-41)58-42-22-23-45-44-14-10-11-15-47(44)57(50(45)31-42)51-27-36(3)46(32-54-51)37-18-20-38(21-19-37)52(4,5)6/h10-32H,33H2,1-9H3. The van der Waals surface area contributed by atoms with Crippen LogP contribution >= 0.6 is 0 Å². The van der Waals surface area contributed by atoms with E-state index in [1.54, 1.807) is 0 Å². The first kappa shape index (κ1) is 37.3. The van der Waals surface area contributed by atoms with Crippen LogP contribution in [0.4, 0.5) is 22.7 Å². The third-order valence-electron chi connectivity index (χ3n) is 11.6. The zero-order valence-electron chi connectivity index (χ0n) is 35.2. The van der Waals surface area contributed by atoms with Gasteiger partial charge in [-0.2, -0.15) is 0 Å². The smallest absolute Gasteiger partial charge is 0.137 e. The minimum Gasteiger partial charge on any atom is -0.457 e. The van der Waals surface area contributed by atoms with Gasteiger partial charge in [-0.25, -0.2) is 4.98 Å². The molecule has 3 heterocycles. The Morgan fingerprint density at radius 2 is 1.16 bits per heavy atom. The summed E-state index contributed by atoms with van der Waals surface area (Å²) in [7, 11) is 0. The fourth-order valence-corrected chi connectivity index (χ4v) is 8.51. The first-order chi connectivity index (χ1) is 27.7. The molecule has 5 nitrogen and oxygen atoms in total. The summed E-state index contributed by atoms with van der Waals surface area (Å²) in [5, 5.41) is 2.34. The zero-order valence-corrected chi connectivity index (χ0v) is 35.2. The van der Waals surface area contributed by atoms with Crippen LogP contribution in [0.2, 0.25) is 0 Å². The maximum Gasteiger partial charge on any atom is 0.137 e. The Morgan fingerprint density at radius 1 is 0.534 bits per heavy atom. The average molecular weight is 761 g/mol. The molecule has 0 fully saturated rings. The van der Waals surface area contributed by atoms with Crippen molar-refractivity contribution in [1.82, 2.24) is 9.55 Å². The van der Waals surface area contributed by atoms with E-state index in [0.717, 1.165) is 45.0 Å². The van der Waals surface area contributed by atoms with Crippen molar-refractivity contribution in [3.63, 3.8) is 0 Å². The third-order valence-corrected chi connectivity index (χ3v) is 11.6. The molecule has 0 amide bonds. The molecule has 0 bridgehead atoms. The van der Waals surface area contributed by atoms with Crippen molar-refractivity contribution in [2.24, 2.45) is 0 Å². The molecule has 0 saturated carbocycles. The molecule has 0 radical (unpaired) electrons. The van der Waals surface area contributed by atoms with Crippen LogP contribution in [0, 0.1) is 20.8 Å². The molecule has 58 heavy (non-hydrogen) atoms. The quantitative estimate of drug-likeness (QED) is 0.169. The van der Waals surface area contributed by atoms with E-state index in [-0.39, 0.29) is 10.8 Å². The van der Waals surface area contributed by atoms with E-state index in [9.17, 15) is 0 Å². The summed E-state index contributed by atoms with van der Waals surface area (Å²) >= 11 is 0. The number of fused-ring (bicyclic) bond motifs is 4. The summed E-state index contributed by atoms with van der Waals surface area (Å²) in [6.07, 6.45) is 2.02. The van der Waals surface area contributed by atoms with Crippen molar-refractivity contribution in [3.05, 3.63) is 167 Å². The Hall–Kier alpha value is -6.33. The van der Waals surface area contributed by atoms with E-state index in [2.05, 4.69) is 210 Å². The van der Waals surface area contributed by atoms with Crippen LogP contribution in [0.1, 0.15) is 69.4 Å². The van der Waals surface area contributed by atoms with E-state index in [1.807, 2.05) is 6.20 Å². The highest BCUT2D eigenvalue weighted by molar-refractivity contribution is 6.09. The maximum atomic E-state index is 6.90. The van der Waals surface area contributed by atoms with Gasteiger partial charge in [0, 0.05) is 46.0 Å². The van der Waals surface area contributed by atoms with Gasteiger partial charge in [0.15, 0.2) is 0 Å². The first-order valence-electron chi connectivity index (χ1n) is 20.4. The molecule has 0 aliphatic carbocycles. The van der Waals surface area contributed by atoms with E-state index >= 15 is 0 Å². The lowest BCUT2D eigenvalue weighted by Crippen LogP contribution is -2.24. The second-order valence-electron chi connectivity index (χ2n) is 18.1. The molecular formula is C53H52N4O. The van der Waals surface area contributed by atoms with Gasteiger partial charge in [-0.15, -0.1) is 0 Å². The van der Waals surface area contributed by atoms with Crippen molar-refractivity contribution in [2.45, 2.75) is 73.1 Å². The average Bonchev–Trinajstić information content (AvgIpc) is 3.73. The van der Waals surface area contributed by atoms with Crippen LogP contribution in [0.25, 0.3) is 38.8 Å². The number of ether oxygens (including phenoxy) is 1. The van der Waals surface area contributed by atoms with Crippen molar-refractivity contribution in [1.29, 1.82) is 0 Å². The van der Waals surface area contributed by atoms with Crippen LogP contribution in [0.15, 0.2) is 140 Å². The predicted octanol–water partition coefficient (Wildman–Crippen LogP) is 14.4. The van der Waals surface area contributed by atoms with Crippen molar-refractivity contribution in [3.8, 4) is 28.4 Å². The molecule has 5 heteroatoms. The van der Waals surface area contributed by atoms with Gasteiger partial charge in [0.2, 0.25) is 0 Å². The van der Waals surface area contributed by atoms with Crippen molar-refractivity contribution < 1.29 is 4.74 Å². The number of rotatable bonds is 6. The fourth-order valence-electron chi connectivity index (χ4n) is 8.51. The monoisotopic (exact) mass is 760 g/mol. The third kappa shape index (κ3) is 6.79. The van der Waals surface area contributed by atoms with Gasteiger partial charge in [-0.1, -0.05) is 102 Å². The fraction of sp³-hybridized carbons (Fsp3) is 0.226. The number of pyridine rings is 1. The lowest BCUT2D eigenvalue weighted by atomic mass is 9.86. The second-order valence-corrected chi connectivity index (χ2v) is 18.1. The summed E-state index contributed by atoms with van der Waals surface area (Å²) in [4.78, 5) is 9.93. The highest BCUT2D eigenvalue weighted by Crippen LogP contribution is 2.46. The highest BCUT2D eigenvalue weighted by atomic mass is 16.5. The lowest BCUT2D eigenvalue weighted by Gasteiger charge is -2.26. The molecule has 9 rings (SSSR count). The van der Waals surface area contributed by atoms with Crippen molar-refractivity contribution in [2.75, 3.05) is 16.5 Å². The van der Waals surface area contributed by atoms with E-state index in [0.29, 0.717) is 6.67 Å². The predicted molar refractivity (Wildman–Crippen MR) is 244 cm³/mol. The Labute approximate surface area is 343 Å². The molecule has 8 aromatic rings. The lowest BCUT2D eigenvalue weighted by molar-refractivity contribution is 0.479. The first-order valence-corrected chi connectivity index (χ1v) is 20.4. The zero-order chi connectivity index (χ0) is 40.5. The van der Waals surface area contributed by atoms with E-state index in [4.69, 9.17) is 9.72 Å². The number of hydrogen-bond acceptors (Lipinski definition) is 4. The van der Waals surface area contributed by atoms with E-state index in [1.165, 1.54) is 55.8 Å². The minimum absolute atomic E-state index is 0.0958. The molecule has 6 aromatic carbocycles. The number of aryl methyl sites for hydroxylation is 3. The van der Waals surface area contributed by atoms with Crippen LogP contribution in [0.3, 0.4) is 0 Å². The minimum atomic E-state index is -0.0958. The number of anilines is 4. The Bertz CT molecular complexity index is 2830. The van der Waals surface area contributed by atoms with Gasteiger partial charge in [0.1, 0.15) is 24.0 Å². The van der Waals surface area contributed by atoms with Gasteiger partial charge < -0.3 is 14.5 Å². The molecular weight excluding hydrogens is 709 g/mol. The summed E-state index contributed by atoms with van der Waals surface area (Å²) in [5.41, 5.74) is 15.4. The topological polar surface area (TPSA) is 33.5 Å². The molecule has 0 spiro atoms. The molecule has 0 saturated heterocycles. The van der Waals surface area contributed by atoms with Crippen LogP contribution < -0.4 is 14.5 Å². The summed E-state index contributed by atoms with van der Waals surface area (Å²) in [5.74, 6) is 2.47. The van der Waals surface area contributed by atoms with Gasteiger partial charge >= 0.3 is 0 Å². The maximum absolute atomic E-state index is 6.90. The van der Waals surface area contributed by atoms with Crippen molar-refractivity contribution >= 4 is 44.6 Å². The van der Waals surface area contributed by atoms with Crippen LogP contribution in [-0.2, 0) is 10.8 Å². The molecule has 290 valence electrons. The van der Waals surface area contributed by atoms with Gasteiger partial charge in [-0.3, -0.25) is 4.57 Å². The summed E-state index contributed by atoms with van der Waals surface area (Å²) < 4.78 is 9.18. The molecule has 1 aliphatic heterocycles. The van der Waals surface area contributed by atoms with Crippen LogP contribution in [-0.4, -0.2) is 16.2 Å². The largest absolute Gasteiger partial charge is 0.457 e. The highest BCUT2D eigenvalue weighted by Gasteiger charge is 2.29. The summed E-state index contributed by atoms with van der Waals surface area (Å²) in [6, 6.07) is 48.4. The number of hydrogen-bond donors (Lipinski definition) is 0. The molecule has 0 atom stereocenters. The summed E-state index contributed by atoms with van der Waals surface area (Å²) in [6.45, 7) is 20.8. The number of aromatic nitrogens is 2. The molecule has 2 aromatic heterocycles. The molecule has 0 unspecified atom stereocenters. The van der Waals surface area contributed by atoms with Crippen LogP contribution in [0.5, 0.6) is 11.5 Å². The Morgan fingerprint density at radius 3 is 1.81 bits per heavy atom. The normalized spacial score (nSPS) is 13.1. The number of para-hydroxylation sites is 3. The van der Waals surface area contributed by atoms with Gasteiger partial charge in [-0.05, 0) is 126 Å². The Kier molecular flexibility index (Phi) is 8.96. The number of nitrogens with zero attached hydrogens (tertiary/aromatic N) is 4. The Balaban J connectivity index is 1.10. The van der Waals surface area contributed by atoms with Gasteiger partial charge in [0.25, 0.3) is 0 Å².